The standard InChI is InChI=1S/C16H24N4O2S/c1-12(14-3-2-10-23-14)18-15(21)11-19-7-4-13(5-8-19)20-9-6-17-16(20)22/h2-3,10,12-13H,4-9,11H2,1H3,(H,17,22)(H,18,21)/t12-/m1/s1. The normalized spacial score (nSPS) is 21.3. The van der Waals surface area contributed by atoms with E-state index >= 15 is 0 Å². The number of urea groups is 1. The zero-order chi connectivity index (χ0) is 16.2. The van der Waals surface area contributed by atoms with Gasteiger partial charge in [-0.25, -0.2) is 4.79 Å². The molecule has 2 aliphatic heterocycles. The van der Waals surface area contributed by atoms with Gasteiger partial charge in [-0.15, -0.1) is 11.3 Å². The number of thiophene rings is 1. The summed E-state index contributed by atoms with van der Waals surface area (Å²) in [5.74, 6) is 0.0725. The molecule has 2 aliphatic rings. The average molecular weight is 336 g/mol. The minimum Gasteiger partial charge on any atom is -0.348 e. The lowest BCUT2D eigenvalue weighted by atomic mass is 10.0. The van der Waals surface area contributed by atoms with Crippen molar-refractivity contribution in [2.24, 2.45) is 0 Å². The average Bonchev–Trinajstić information content (AvgIpc) is 3.19. The molecule has 23 heavy (non-hydrogen) atoms. The lowest BCUT2D eigenvalue weighted by molar-refractivity contribution is -0.123. The molecule has 0 aromatic carbocycles. The molecule has 126 valence electrons. The fourth-order valence-corrected chi connectivity index (χ4v) is 4.06. The Morgan fingerprint density at radius 2 is 2.22 bits per heavy atom. The van der Waals surface area contributed by atoms with Gasteiger partial charge in [-0.3, -0.25) is 9.69 Å². The smallest absolute Gasteiger partial charge is 0.317 e. The van der Waals surface area contributed by atoms with Gasteiger partial charge in [0.05, 0.1) is 12.6 Å². The number of nitrogens with zero attached hydrogens (tertiary/aromatic N) is 2. The number of rotatable bonds is 5. The number of hydrogen-bond donors (Lipinski definition) is 2. The van der Waals surface area contributed by atoms with E-state index in [0.29, 0.717) is 12.6 Å². The van der Waals surface area contributed by atoms with Gasteiger partial charge in [0, 0.05) is 37.1 Å². The number of carbonyl (C=O) groups is 2. The van der Waals surface area contributed by atoms with Crippen molar-refractivity contribution in [3.8, 4) is 0 Å². The molecule has 2 N–H and O–H groups in total. The van der Waals surface area contributed by atoms with E-state index < -0.39 is 0 Å². The van der Waals surface area contributed by atoms with E-state index in [1.165, 1.54) is 4.88 Å². The molecule has 3 rings (SSSR count). The Hall–Kier alpha value is -1.60. The topological polar surface area (TPSA) is 64.7 Å². The minimum absolute atomic E-state index is 0.0611. The predicted molar refractivity (Wildman–Crippen MR) is 90.4 cm³/mol. The Morgan fingerprint density at radius 1 is 1.43 bits per heavy atom. The molecule has 7 heteroatoms. The lowest BCUT2D eigenvalue weighted by Crippen LogP contribution is -2.48. The van der Waals surface area contributed by atoms with E-state index in [1.54, 1.807) is 11.3 Å². The highest BCUT2D eigenvalue weighted by Gasteiger charge is 2.31. The second-order valence-corrected chi connectivity index (χ2v) is 7.22. The Balaban J connectivity index is 1.41. The first kappa shape index (κ1) is 16.3. The van der Waals surface area contributed by atoms with Gasteiger partial charge in [0.25, 0.3) is 0 Å². The summed E-state index contributed by atoms with van der Waals surface area (Å²) >= 11 is 1.66. The van der Waals surface area contributed by atoms with Crippen LogP contribution in [0.1, 0.15) is 30.7 Å². The van der Waals surface area contributed by atoms with Crippen molar-refractivity contribution in [2.45, 2.75) is 31.8 Å². The lowest BCUT2D eigenvalue weighted by Gasteiger charge is -2.35. The molecule has 0 radical (unpaired) electrons. The van der Waals surface area contributed by atoms with Gasteiger partial charge in [-0.05, 0) is 31.2 Å². The van der Waals surface area contributed by atoms with Crippen LogP contribution in [-0.4, -0.2) is 60.5 Å². The molecule has 0 bridgehead atoms. The van der Waals surface area contributed by atoms with Gasteiger partial charge < -0.3 is 15.5 Å². The number of piperidine rings is 1. The molecular formula is C16H24N4O2S. The first-order chi connectivity index (χ1) is 11.1. The minimum atomic E-state index is 0.0611. The van der Waals surface area contributed by atoms with Gasteiger partial charge in [0.1, 0.15) is 0 Å². The van der Waals surface area contributed by atoms with E-state index in [0.717, 1.165) is 39.0 Å². The van der Waals surface area contributed by atoms with E-state index in [-0.39, 0.29) is 18.0 Å². The molecule has 3 heterocycles. The van der Waals surface area contributed by atoms with Gasteiger partial charge in [-0.1, -0.05) is 6.07 Å². The van der Waals surface area contributed by atoms with Crippen molar-refractivity contribution in [3.05, 3.63) is 22.4 Å². The van der Waals surface area contributed by atoms with Crippen LogP contribution in [0.3, 0.4) is 0 Å². The molecule has 0 spiro atoms. The van der Waals surface area contributed by atoms with E-state index in [4.69, 9.17) is 0 Å². The Labute approximate surface area is 140 Å². The van der Waals surface area contributed by atoms with Crippen molar-refractivity contribution >= 4 is 23.3 Å². The van der Waals surface area contributed by atoms with Crippen LogP contribution in [0.15, 0.2) is 17.5 Å². The van der Waals surface area contributed by atoms with Crippen LogP contribution >= 0.6 is 11.3 Å². The maximum absolute atomic E-state index is 12.2. The third-order valence-corrected chi connectivity index (χ3v) is 5.66. The Kier molecular flexibility index (Phi) is 5.17. The van der Waals surface area contributed by atoms with Crippen LogP contribution in [0.5, 0.6) is 0 Å². The first-order valence-corrected chi connectivity index (χ1v) is 9.11. The van der Waals surface area contributed by atoms with Gasteiger partial charge in [-0.2, -0.15) is 0 Å². The van der Waals surface area contributed by atoms with Crippen LogP contribution in [0.2, 0.25) is 0 Å². The summed E-state index contributed by atoms with van der Waals surface area (Å²) in [7, 11) is 0. The van der Waals surface area contributed by atoms with Crippen molar-refractivity contribution in [1.29, 1.82) is 0 Å². The molecule has 0 saturated carbocycles. The molecule has 6 nitrogen and oxygen atoms in total. The zero-order valence-corrected chi connectivity index (χ0v) is 14.3. The summed E-state index contributed by atoms with van der Waals surface area (Å²) in [5.41, 5.74) is 0. The van der Waals surface area contributed by atoms with Crippen molar-refractivity contribution in [2.75, 3.05) is 32.7 Å². The summed E-state index contributed by atoms with van der Waals surface area (Å²) in [6.07, 6.45) is 1.89. The molecule has 3 amide bonds. The van der Waals surface area contributed by atoms with E-state index in [1.807, 2.05) is 29.3 Å². The molecule has 0 unspecified atom stereocenters. The summed E-state index contributed by atoms with van der Waals surface area (Å²) in [4.78, 5) is 29.2. The van der Waals surface area contributed by atoms with Gasteiger partial charge >= 0.3 is 6.03 Å². The van der Waals surface area contributed by atoms with Crippen molar-refractivity contribution in [3.63, 3.8) is 0 Å². The van der Waals surface area contributed by atoms with Crippen molar-refractivity contribution < 1.29 is 9.59 Å². The zero-order valence-electron chi connectivity index (χ0n) is 13.5. The summed E-state index contributed by atoms with van der Waals surface area (Å²) < 4.78 is 0. The molecule has 1 aromatic heterocycles. The van der Waals surface area contributed by atoms with Crippen LogP contribution in [0.25, 0.3) is 0 Å². The summed E-state index contributed by atoms with van der Waals surface area (Å²) in [6.45, 7) is 5.76. The molecule has 1 aromatic rings. The highest BCUT2D eigenvalue weighted by molar-refractivity contribution is 7.10. The fourth-order valence-electron chi connectivity index (χ4n) is 3.32. The van der Waals surface area contributed by atoms with Crippen LogP contribution < -0.4 is 10.6 Å². The largest absolute Gasteiger partial charge is 0.348 e. The van der Waals surface area contributed by atoms with Crippen LogP contribution in [0.4, 0.5) is 4.79 Å². The molecule has 1 atom stereocenters. The number of nitrogens with one attached hydrogen (secondary N) is 2. The van der Waals surface area contributed by atoms with Crippen LogP contribution in [-0.2, 0) is 4.79 Å². The van der Waals surface area contributed by atoms with E-state index in [2.05, 4.69) is 15.5 Å². The number of hydrogen-bond acceptors (Lipinski definition) is 4. The Bertz CT molecular complexity index is 540. The second kappa shape index (κ2) is 7.31. The highest BCUT2D eigenvalue weighted by atomic mass is 32.1. The molecule has 2 saturated heterocycles. The monoisotopic (exact) mass is 336 g/mol. The van der Waals surface area contributed by atoms with Gasteiger partial charge in [0.15, 0.2) is 0 Å². The highest BCUT2D eigenvalue weighted by Crippen LogP contribution is 2.19. The molecule has 0 aliphatic carbocycles. The quantitative estimate of drug-likeness (QED) is 0.855. The predicted octanol–water partition coefficient (Wildman–Crippen LogP) is 1.41. The second-order valence-electron chi connectivity index (χ2n) is 6.24. The van der Waals surface area contributed by atoms with Crippen LogP contribution in [0, 0.1) is 0 Å². The SMILES string of the molecule is C[C@@H](NC(=O)CN1CCC(N2CCNC2=O)CC1)c1cccs1. The maximum atomic E-state index is 12.2. The molecule has 2 fully saturated rings. The number of amides is 3. The number of likely N-dealkylation sites (tertiary alicyclic amines) is 1. The maximum Gasteiger partial charge on any atom is 0.317 e. The summed E-state index contributed by atoms with van der Waals surface area (Å²) in [5, 5.41) is 7.94. The Morgan fingerprint density at radius 3 is 2.83 bits per heavy atom. The third-order valence-electron chi connectivity index (χ3n) is 4.60. The number of carbonyl (C=O) groups excluding carboxylic acids is 2. The van der Waals surface area contributed by atoms with Crippen molar-refractivity contribution in [1.82, 2.24) is 20.4 Å². The van der Waals surface area contributed by atoms with Gasteiger partial charge in [0.2, 0.25) is 5.91 Å². The van der Waals surface area contributed by atoms with E-state index in [9.17, 15) is 9.59 Å². The third kappa shape index (κ3) is 4.03. The summed E-state index contributed by atoms with van der Waals surface area (Å²) in [6, 6.07) is 4.49. The first-order valence-electron chi connectivity index (χ1n) is 8.23. The molecular weight excluding hydrogens is 312 g/mol. The fraction of sp³-hybridized carbons (Fsp3) is 0.625.